The van der Waals surface area contributed by atoms with E-state index in [9.17, 15) is 33.4 Å². The van der Waals surface area contributed by atoms with Crippen LogP contribution in [0.5, 0.6) is 0 Å². The van der Waals surface area contributed by atoms with Crippen LogP contribution in [-0.4, -0.2) is 29.2 Å². The van der Waals surface area contributed by atoms with Crippen LogP contribution >= 0.6 is 0 Å². The first-order valence-electron chi connectivity index (χ1n) is 6.22. The van der Waals surface area contributed by atoms with E-state index in [0.29, 0.717) is 12.3 Å². The number of pyridine rings is 1. The average molecular weight is 350 g/mol. The lowest BCUT2D eigenvalue weighted by atomic mass is 10.2. The van der Waals surface area contributed by atoms with E-state index < -0.39 is 43.0 Å². The van der Waals surface area contributed by atoms with Crippen LogP contribution in [0.2, 0.25) is 0 Å². The first-order chi connectivity index (χ1) is 11.2. The number of hydrogen-bond donors (Lipinski definition) is 0. The first kappa shape index (κ1) is 15.5. The largest absolute Gasteiger partial charge is 0.319 e. The second-order valence-corrected chi connectivity index (χ2v) is 6.38. The Bertz CT molecular complexity index is 1020. The highest BCUT2D eigenvalue weighted by atomic mass is 32.2. The average Bonchev–Trinajstić information content (AvgIpc) is 2.74. The van der Waals surface area contributed by atoms with Gasteiger partial charge in [-0.1, -0.05) is 12.1 Å². The first-order valence-corrected chi connectivity index (χ1v) is 7.66. The molecule has 0 spiro atoms. The van der Waals surface area contributed by atoms with E-state index in [1.54, 1.807) is 0 Å². The molecule has 12 heteroatoms. The van der Waals surface area contributed by atoms with Crippen LogP contribution in [0.4, 0.5) is 17.2 Å². The van der Waals surface area contributed by atoms with Crippen LogP contribution in [-0.2, 0) is 10.0 Å². The molecule has 24 heavy (non-hydrogen) atoms. The zero-order valence-electron chi connectivity index (χ0n) is 11.5. The summed E-state index contributed by atoms with van der Waals surface area (Å²) in [5.74, 6) is -1.82. The van der Waals surface area contributed by atoms with Gasteiger partial charge in [-0.25, -0.2) is 13.4 Å². The normalized spacial score (nSPS) is 15.2. The number of nitrogens with zero attached hydrogens (tertiary/aromatic N) is 4. The molecule has 1 aromatic heterocycles. The van der Waals surface area contributed by atoms with Crippen molar-refractivity contribution in [1.29, 1.82) is 0 Å². The van der Waals surface area contributed by atoms with Gasteiger partial charge in [-0.05, 0) is 12.1 Å². The topological polar surface area (TPSA) is 154 Å². The van der Waals surface area contributed by atoms with Gasteiger partial charge in [-0.2, -0.15) is 4.31 Å². The molecule has 0 fully saturated rings. The predicted molar refractivity (Wildman–Crippen MR) is 78.0 cm³/mol. The number of sulfonamides is 1. The number of benzene rings is 1. The van der Waals surface area contributed by atoms with E-state index >= 15 is 0 Å². The molecule has 0 unspecified atom stereocenters. The van der Waals surface area contributed by atoms with Crippen molar-refractivity contribution < 1.29 is 23.1 Å². The lowest BCUT2D eigenvalue weighted by Gasteiger charge is -2.13. The van der Waals surface area contributed by atoms with Crippen molar-refractivity contribution in [2.75, 3.05) is 4.31 Å². The Kier molecular flexibility index (Phi) is 3.26. The standard InChI is InChI=1S/C12H6N4O7S/c17-12-8-3-1-2-4-10(8)24(22,23)14(12)11-9(16(20)21)5-7(6-13-11)15(18)19/h1-6H. The number of carbonyl (C=O) groups is 1. The minimum Gasteiger partial charge on any atom is -0.267 e. The molecule has 0 saturated carbocycles. The van der Waals surface area contributed by atoms with E-state index in [4.69, 9.17) is 0 Å². The van der Waals surface area contributed by atoms with Gasteiger partial charge >= 0.3 is 5.69 Å². The number of anilines is 1. The third-order valence-electron chi connectivity index (χ3n) is 3.25. The van der Waals surface area contributed by atoms with E-state index in [-0.39, 0.29) is 14.8 Å². The molecule has 1 aliphatic rings. The maximum absolute atomic E-state index is 12.5. The maximum atomic E-state index is 12.5. The van der Waals surface area contributed by atoms with Gasteiger partial charge in [-0.15, -0.1) is 0 Å². The summed E-state index contributed by atoms with van der Waals surface area (Å²) in [6.07, 6.45) is 0.647. The Labute approximate surface area is 133 Å². The van der Waals surface area contributed by atoms with Crippen molar-refractivity contribution in [3.8, 4) is 0 Å². The van der Waals surface area contributed by atoms with Gasteiger partial charge in [0.05, 0.1) is 21.5 Å². The number of aromatic nitrogens is 1. The van der Waals surface area contributed by atoms with Gasteiger partial charge in [0, 0.05) is 0 Å². The van der Waals surface area contributed by atoms with Gasteiger partial charge in [0.2, 0.25) is 5.82 Å². The highest BCUT2D eigenvalue weighted by Gasteiger charge is 2.46. The third kappa shape index (κ3) is 2.08. The quantitative estimate of drug-likeness (QED) is 0.591. The molecule has 0 radical (unpaired) electrons. The van der Waals surface area contributed by atoms with Crippen LogP contribution in [0.25, 0.3) is 0 Å². The van der Waals surface area contributed by atoms with Crippen molar-refractivity contribution in [3.63, 3.8) is 0 Å². The number of nitro groups is 2. The molecular formula is C12H6N4O7S. The molecule has 1 amide bonds. The summed E-state index contributed by atoms with van der Waals surface area (Å²) in [4.78, 5) is 35.4. The summed E-state index contributed by atoms with van der Waals surface area (Å²) in [5, 5.41) is 21.9. The molecule has 3 rings (SSSR count). The zero-order chi connectivity index (χ0) is 17.6. The molecule has 0 aliphatic carbocycles. The number of amides is 1. The summed E-state index contributed by atoms with van der Waals surface area (Å²) >= 11 is 0. The van der Waals surface area contributed by atoms with Gasteiger partial charge < -0.3 is 0 Å². The van der Waals surface area contributed by atoms with Crippen molar-refractivity contribution in [2.45, 2.75) is 4.90 Å². The fourth-order valence-electron chi connectivity index (χ4n) is 2.22. The number of hydrogen-bond acceptors (Lipinski definition) is 8. The van der Waals surface area contributed by atoms with Crippen LogP contribution in [0.1, 0.15) is 10.4 Å². The van der Waals surface area contributed by atoms with E-state index in [2.05, 4.69) is 4.98 Å². The Balaban J connectivity index is 2.26. The van der Waals surface area contributed by atoms with Crippen molar-refractivity contribution in [1.82, 2.24) is 4.98 Å². The van der Waals surface area contributed by atoms with Crippen molar-refractivity contribution >= 4 is 33.1 Å². The number of rotatable bonds is 3. The second kappa shape index (κ2) is 5.06. The summed E-state index contributed by atoms with van der Waals surface area (Å²) in [6, 6.07) is 5.82. The Morgan fingerprint density at radius 3 is 2.33 bits per heavy atom. The van der Waals surface area contributed by atoms with Crippen LogP contribution in [0, 0.1) is 20.2 Å². The predicted octanol–water partition coefficient (Wildman–Crippen LogP) is 1.25. The Hall–Kier alpha value is -3.41. The van der Waals surface area contributed by atoms with Gasteiger partial charge in [0.1, 0.15) is 11.1 Å². The molecule has 1 aromatic carbocycles. The maximum Gasteiger partial charge on any atom is 0.319 e. The van der Waals surface area contributed by atoms with Gasteiger partial charge in [-0.3, -0.25) is 25.0 Å². The molecular weight excluding hydrogens is 344 g/mol. The Morgan fingerprint density at radius 1 is 1.08 bits per heavy atom. The summed E-state index contributed by atoms with van der Waals surface area (Å²) in [6.45, 7) is 0. The lowest BCUT2D eigenvalue weighted by molar-refractivity contribution is -0.394. The molecule has 0 saturated heterocycles. The molecule has 11 nitrogen and oxygen atoms in total. The summed E-state index contributed by atoms with van der Waals surface area (Å²) in [7, 11) is -4.39. The highest BCUT2D eigenvalue weighted by molar-refractivity contribution is 7.94. The van der Waals surface area contributed by atoms with Crippen LogP contribution in [0.15, 0.2) is 41.4 Å². The molecule has 1 aliphatic heterocycles. The van der Waals surface area contributed by atoms with E-state index in [0.717, 1.165) is 0 Å². The smallest absolute Gasteiger partial charge is 0.267 e. The van der Waals surface area contributed by atoms with Crippen LogP contribution < -0.4 is 4.31 Å². The van der Waals surface area contributed by atoms with Crippen molar-refractivity contribution in [2.24, 2.45) is 0 Å². The molecule has 122 valence electrons. The molecule has 0 N–H and O–H groups in total. The molecule has 0 bridgehead atoms. The third-order valence-corrected chi connectivity index (χ3v) is 4.98. The van der Waals surface area contributed by atoms with Gasteiger partial charge in [0.25, 0.3) is 21.6 Å². The Morgan fingerprint density at radius 2 is 1.75 bits per heavy atom. The highest BCUT2D eigenvalue weighted by Crippen LogP contribution is 2.38. The summed E-state index contributed by atoms with van der Waals surface area (Å²) in [5.41, 5.74) is -1.83. The fourth-order valence-corrected chi connectivity index (χ4v) is 3.79. The van der Waals surface area contributed by atoms with Crippen molar-refractivity contribution in [3.05, 3.63) is 62.3 Å². The SMILES string of the molecule is O=C1c2ccccc2S(=O)(=O)N1c1ncc([N+](=O)[O-])cc1[N+](=O)[O-]. The molecule has 0 atom stereocenters. The monoisotopic (exact) mass is 350 g/mol. The van der Waals surface area contributed by atoms with Gasteiger partial charge in [0.15, 0.2) is 0 Å². The molecule has 2 heterocycles. The zero-order valence-corrected chi connectivity index (χ0v) is 12.3. The fraction of sp³-hybridized carbons (Fsp3) is 0. The minimum atomic E-state index is -4.39. The number of carbonyl (C=O) groups excluding carboxylic acids is 1. The van der Waals surface area contributed by atoms with E-state index in [1.807, 2.05) is 0 Å². The minimum absolute atomic E-state index is 0.160. The second-order valence-electron chi connectivity index (χ2n) is 4.62. The summed E-state index contributed by atoms with van der Waals surface area (Å²) < 4.78 is 25.2. The molecule has 2 aromatic rings. The lowest BCUT2D eigenvalue weighted by Crippen LogP contribution is -2.31. The van der Waals surface area contributed by atoms with Crippen LogP contribution in [0.3, 0.4) is 0 Å². The number of fused-ring (bicyclic) bond motifs is 1. The van der Waals surface area contributed by atoms with E-state index in [1.165, 1.54) is 24.3 Å².